The Morgan fingerprint density at radius 3 is 2.31 bits per heavy atom. The van der Waals surface area contributed by atoms with Gasteiger partial charge >= 0.3 is 0 Å². The molecule has 4 rings (SSSR count). The molecule has 2 saturated heterocycles. The molecule has 0 unspecified atom stereocenters. The Balaban J connectivity index is 1.37. The predicted molar refractivity (Wildman–Crippen MR) is 136 cm³/mol. The Labute approximate surface area is 212 Å². The summed E-state index contributed by atoms with van der Waals surface area (Å²) in [5.41, 5.74) is 1.52. The summed E-state index contributed by atoms with van der Waals surface area (Å²) in [5, 5.41) is 2.90. The van der Waals surface area contributed by atoms with Crippen LogP contribution in [-0.4, -0.2) is 69.8 Å². The molecule has 0 spiro atoms. The molecule has 1 atom stereocenters. The van der Waals surface area contributed by atoms with Gasteiger partial charge in [0.05, 0.1) is 31.5 Å². The van der Waals surface area contributed by atoms with Crippen LogP contribution in [0.15, 0.2) is 47.4 Å². The number of methoxy groups -OCH3 is 2. The lowest BCUT2D eigenvalue weighted by Crippen LogP contribution is -2.43. The van der Waals surface area contributed by atoms with E-state index in [4.69, 9.17) is 9.47 Å². The van der Waals surface area contributed by atoms with Crippen molar-refractivity contribution in [2.24, 2.45) is 5.92 Å². The average molecular weight is 516 g/mol. The topological polar surface area (TPSA) is 105 Å². The fourth-order valence-corrected chi connectivity index (χ4v) is 6.24. The molecular formula is C26H33N3O6S. The summed E-state index contributed by atoms with van der Waals surface area (Å²) < 4.78 is 38.3. The number of benzene rings is 2. The quantitative estimate of drug-likeness (QED) is 0.580. The van der Waals surface area contributed by atoms with Gasteiger partial charge < -0.3 is 19.7 Å². The van der Waals surface area contributed by atoms with Crippen LogP contribution in [0.25, 0.3) is 0 Å². The summed E-state index contributed by atoms with van der Waals surface area (Å²) in [6.07, 6.45) is 3.66. The first-order chi connectivity index (χ1) is 17.3. The second kappa shape index (κ2) is 11.3. The molecule has 2 fully saturated rings. The Morgan fingerprint density at radius 1 is 0.944 bits per heavy atom. The van der Waals surface area contributed by atoms with Crippen molar-refractivity contribution >= 4 is 27.5 Å². The van der Waals surface area contributed by atoms with Gasteiger partial charge in [0, 0.05) is 37.9 Å². The van der Waals surface area contributed by atoms with E-state index in [1.54, 1.807) is 18.2 Å². The number of ether oxygens (including phenoxy) is 2. The fourth-order valence-electron chi connectivity index (χ4n) is 4.70. The minimum absolute atomic E-state index is 0.0975. The molecule has 2 amide bonds. The fraction of sp³-hybridized carbons (Fsp3) is 0.462. The number of likely N-dealkylation sites (tertiary alicyclic amines) is 1. The van der Waals surface area contributed by atoms with Crippen molar-refractivity contribution in [1.82, 2.24) is 9.21 Å². The molecule has 2 aliphatic heterocycles. The first-order valence-corrected chi connectivity index (χ1v) is 13.7. The van der Waals surface area contributed by atoms with Crippen molar-refractivity contribution in [3.63, 3.8) is 0 Å². The van der Waals surface area contributed by atoms with Gasteiger partial charge in [-0.3, -0.25) is 9.59 Å². The van der Waals surface area contributed by atoms with Crippen molar-refractivity contribution in [3.05, 3.63) is 48.0 Å². The molecule has 0 saturated carbocycles. The third-order valence-electron chi connectivity index (χ3n) is 6.78. The van der Waals surface area contributed by atoms with E-state index in [0.29, 0.717) is 43.0 Å². The highest BCUT2D eigenvalue weighted by Crippen LogP contribution is 2.32. The lowest BCUT2D eigenvalue weighted by Gasteiger charge is -2.31. The van der Waals surface area contributed by atoms with E-state index in [-0.39, 0.29) is 23.3 Å². The molecule has 2 aromatic rings. The van der Waals surface area contributed by atoms with Crippen LogP contribution in [-0.2, 0) is 26.0 Å². The van der Waals surface area contributed by atoms with Crippen LogP contribution in [0.3, 0.4) is 0 Å². The molecular weight excluding hydrogens is 482 g/mol. The summed E-state index contributed by atoms with van der Waals surface area (Å²) in [7, 11) is -0.862. The Kier molecular flexibility index (Phi) is 8.15. The van der Waals surface area contributed by atoms with E-state index >= 15 is 0 Å². The highest BCUT2D eigenvalue weighted by Gasteiger charge is 2.34. The van der Waals surface area contributed by atoms with Crippen molar-refractivity contribution in [2.75, 3.05) is 45.7 Å². The van der Waals surface area contributed by atoms with Crippen LogP contribution in [0, 0.1) is 5.92 Å². The van der Waals surface area contributed by atoms with Gasteiger partial charge in [0.15, 0.2) is 11.5 Å². The second-order valence-electron chi connectivity index (χ2n) is 9.17. The minimum atomic E-state index is -3.80. The third kappa shape index (κ3) is 5.82. The van der Waals surface area contributed by atoms with Crippen molar-refractivity contribution in [2.45, 2.75) is 37.0 Å². The Morgan fingerprint density at radius 2 is 1.64 bits per heavy atom. The molecule has 36 heavy (non-hydrogen) atoms. The van der Waals surface area contributed by atoms with E-state index in [0.717, 1.165) is 31.5 Å². The number of nitrogens with one attached hydrogen (secondary N) is 1. The number of amides is 2. The van der Waals surface area contributed by atoms with E-state index in [9.17, 15) is 18.0 Å². The second-order valence-corrected chi connectivity index (χ2v) is 11.1. The van der Waals surface area contributed by atoms with Crippen LogP contribution < -0.4 is 14.8 Å². The average Bonchev–Trinajstić information content (AvgIpc) is 3.45. The van der Waals surface area contributed by atoms with E-state index in [1.807, 2.05) is 17.0 Å². The van der Waals surface area contributed by atoms with Crippen LogP contribution in [0.1, 0.15) is 31.2 Å². The van der Waals surface area contributed by atoms with E-state index < -0.39 is 15.9 Å². The largest absolute Gasteiger partial charge is 0.493 e. The van der Waals surface area contributed by atoms with Crippen LogP contribution >= 0.6 is 0 Å². The lowest BCUT2D eigenvalue weighted by atomic mass is 9.98. The molecule has 0 radical (unpaired) electrons. The number of anilines is 1. The Bertz CT molecular complexity index is 1190. The molecule has 0 aromatic heterocycles. The van der Waals surface area contributed by atoms with Crippen molar-refractivity contribution in [1.29, 1.82) is 0 Å². The highest BCUT2D eigenvalue weighted by molar-refractivity contribution is 7.89. The van der Waals surface area contributed by atoms with Crippen LogP contribution in [0.2, 0.25) is 0 Å². The summed E-state index contributed by atoms with van der Waals surface area (Å²) in [6, 6.07) is 11.7. The smallest absolute Gasteiger partial charge is 0.243 e. The summed E-state index contributed by atoms with van der Waals surface area (Å²) in [4.78, 5) is 27.3. The number of hydrogen-bond acceptors (Lipinski definition) is 6. The van der Waals surface area contributed by atoms with E-state index in [1.165, 1.54) is 30.7 Å². The molecule has 2 aliphatic rings. The van der Waals surface area contributed by atoms with Gasteiger partial charge in [-0.05, 0) is 55.5 Å². The zero-order chi connectivity index (χ0) is 25.7. The van der Waals surface area contributed by atoms with Crippen molar-refractivity contribution < 1.29 is 27.5 Å². The van der Waals surface area contributed by atoms with Gasteiger partial charge in [0.25, 0.3) is 0 Å². The third-order valence-corrected chi connectivity index (χ3v) is 8.64. The molecule has 1 N–H and O–H groups in total. The number of hydrogen-bond donors (Lipinski definition) is 1. The van der Waals surface area contributed by atoms with E-state index in [2.05, 4.69) is 5.32 Å². The Hall–Kier alpha value is -3.11. The maximum absolute atomic E-state index is 13.3. The predicted octanol–water partition coefficient (Wildman–Crippen LogP) is 2.91. The number of carbonyl (C=O) groups excluding carboxylic acids is 2. The standard InChI is InChI=1S/C26H33N3O6S/c1-34-23-12-11-22(17-24(23)35-2)36(32,33)29-15-5-6-20(18-29)26(31)27-21-9-7-19(8-10-21)16-25(30)28-13-3-4-14-28/h7-12,17,20H,3-6,13-16,18H2,1-2H3,(H,27,31)/t20-/m1/s1. The molecule has 0 aliphatic carbocycles. The molecule has 0 bridgehead atoms. The zero-order valence-corrected chi connectivity index (χ0v) is 21.6. The summed E-state index contributed by atoms with van der Waals surface area (Å²) in [6.45, 7) is 2.10. The number of sulfonamides is 1. The van der Waals surface area contributed by atoms with Gasteiger partial charge in [-0.15, -0.1) is 0 Å². The summed E-state index contributed by atoms with van der Waals surface area (Å²) >= 11 is 0. The van der Waals surface area contributed by atoms with Gasteiger partial charge in [-0.1, -0.05) is 12.1 Å². The van der Waals surface area contributed by atoms with Gasteiger partial charge in [-0.2, -0.15) is 4.31 Å². The molecule has 2 heterocycles. The van der Waals surface area contributed by atoms with Crippen molar-refractivity contribution in [3.8, 4) is 11.5 Å². The number of nitrogens with zero attached hydrogens (tertiary/aromatic N) is 2. The molecule has 194 valence electrons. The normalized spacial score (nSPS) is 18.6. The molecule has 9 nitrogen and oxygen atoms in total. The lowest BCUT2D eigenvalue weighted by molar-refractivity contribution is -0.129. The summed E-state index contributed by atoms with van der Waals surface area (Å²) in [5.74, 6) is 0.213. The number of rotatable bonds is 8. The SMILES string of the molecule is COc1ccc(S(=O)(=O)N2CCC[C@@H](C(=O)Nc3ccc(CC(=O)N4CCCC4)cc3)C2)cc1OC. The molecule has 10 heteroatoms. The van der Waals surface area contributed by atoms with Gasteiger partial charge in [-0.25, -0.2) is 8.42 Å². The highest BCUT2D eigenvalue weighted by atomic mass is 32.2. The number of piperidine rings is 1. The maximum atomic E-state index is 13.3. The minimum Gasteiger partial charge on any atom is -0.493 e. The first-order valence-electron chi connectivity index (χ1n) is 12.2. The van der Waals surface area contributed by atoms with Gasteiger partial charge in [0.2, 0.25) is 21.8 Å². The van der Waals surface area contributed by atoms with Crippen LogP contribution in [0.4, 0.5) is 5.69 Å². The number of carbonyl (C=O) groups is 2. The van der Waals surface area contributed by atoms with Gasteiger partial charge in [0.1, 0.15) is 0 Å². The maximum Gasteiger partial charge on any atom is 0.243 e. The molecule has 2 aromatic carbocycles. The zero-order valence-electron chi connectivity index (χ0n) is 20.7. The monoisotopic (exact) mass is 515 g/mol. The van der Waals surface area contributed by atoms with Crippen LogP contribution in [0.5, 0.6) is 11.5 Å². The first kappa shape index (κ1) is 26.0.